The van der Waals surface area contributed by atoms with Crippen LogP contribution >= 0.6 is 0 Å². The molecule has 0 radical (unpaired) electrons. The van der Waals surface area contributed by atoms with Crippen molar-refractivity contribution in [2.75, 3.05) is 0 Å². The second kappa shape index (κ2) is 3.05. The standard InChI is InChI=1S/C11H12N2/c1-9-3-4-11(7-10(9)2)13-6-5-12-8-13/h3-8H,1-2H3. The molecule has 0 amide bonds. The van der Waals surface area contributed by atoms with Gasteiger partial charge in [-0.3, -0.25) is 0 Å². The maximum absolute atomic E-state index is 4.01. The molecule has 66 valence electrons. The molecule has 0 bridgehead atoms. The van der Waals surface area contributed by atoms with Gasteiger partial charge in [-0.2, -0.15) is 0 Å². The first kappa shape index (κ1) is 8.05. The van der Waals surface area contributed by atoms with Gasteiger partial charge in [-0.1, -0.05) is 6.07 Å². The van der Waals surface area contributed by atoms with E-state index in [9.17, 15) is 0 Å². The van der Waals surface area contributed by atoms with Crippen LogP contribution in [0.2, 0.25) is 0 Å². The van der Waals surface area contributed by atoms with E-state index in [4.69, 9.17) is 0 Å². The van der Waals surface area contributed by atoms with Crippen molar-refractivity contribution in [3.05, 3.63) is 48.0 Å². The SMILES string of the molecule is Cc1ccc(-n2ccnc2)cc1C. The molecule has 1 aromatic heterocycles. The molecule has 0 spiro atoms. The highest BCUT2D eigenvalue weighted by molar-refractivity contribution is 5.39. The second-order valence-corrected chi connectivity index (χ2v) is 3.24. The van der Waals surface area contributed by atoms with Crippen LogP contribution in [-0.4, -0.2) is 9.55 Å². The predicted octanol–water partition coefficient (Wildman–Crippen LogP) is 2.49. The minimum Gasteiger partial charge on any atom is -0.306 e. The molecule has 2 heteroatoms. The van der Waals surface area contributed by atoms with Crippen LogP contribution in [-0.2, 0) is 0 Å². The van der Waals surface area contributed by atoms with E-state index in [1.54, 1.807) is 6.20 Å². The van der Waals surface area contributed by atoms with E-state index < -0.39 is 0 Å². The summed E-state index contributed by atoms with van der Waals surface area (Å²) in [6.07, 6.45) is 5.55. The quantitative estimate of drug-likeness (QED) is 0.646. The van der Waals surface area contributed by atoms with Gasteiger partial charge in [0.05, 0.1) is 6.33 Å². The molecule has 0 aliphatic carbocycles. The molecule has 1 aromatic carbocycles. The molecule has 2 nitrogen and oxygen atoms in total. The Balaban J connectivity index is 2.49. The predicted molar refractivity (Wildman–Crippen MR) is 53.0 cm³/mol. The molecule has 0 saturated heterocycles. The zero-order valence-corrected chi connectivity index (χ0v) is 7.86. The molecular weight excluding hydrogens is 160 g/mol. The van der Waals surface area contributed by atoms with Crippen molar-refractivity contribution in [2.45, 2.75) is 13.8 Å². The molecule has 0 aliphatic heterocycles. The Morgan fingerprint density at radius 1 is 1.15 bits per heavy atom. The summed E-state index contributed by atoms with van der Waals surface area (Å²) < 4.78 is 2.01. The zero-order chi connectivity index (χ0) is 9.26. The third kappa shape index (κ3) is 1.47. The summed E-state index contributed by atoms with van der Waals surface area (Å²) in [5.41, 5.74) is 3.80. The van der Waals surface area contributed by atoms with Crippen molar-refractivity contribution >= 4 is 0 Å². The lowest BCUT2D eigenvalue weighted by Crippen LogP contribution is -1.91. The lowest BCUT2D eigenvalue weighted by molar-refractivity contribution is 1.05. The van der Waals surface area contributed by atoms with Crippen LogP contribution in [0.3, 0.4) is 0 Å². The number of imidazole rings is 1. The molecule has 0 aliphatic rings. The van der Waals surface area contributed by atoms with Crippen molar-refractivity contribution < 1.29 is 0 Å². The molecule has 0 atom stereocenters. The van der Waals surface area contributed by atoms with Gasteiger partial charge < -0.3 is 4.57 Å². The van der Waals surface area contributed by atoms with Crippen molar-refractivity contribution in [1.82, 2.24) is 9.55 Å². The summed E-state index contributed by atoms with van der Waals surface area (Å²) in [7, 11) is 0. The monoisotopic (exact) mass is 172 g/mol. The summed E-state index contributed by atoms with van der Waals surface area (Å²) >= 11 is 0. The highest BCUT2D eigenvalue weighted by atomic mass is 15.0. The van der Waals surface area contributed by atoms with E-state index in [-0.39, 0.29) is 0 Å². The summed E-state index contributed by atoms with van der Waals surface area (Å²) in [6, 6.07) is 6.39. The maximum Gasteiger partial charge on any atom is 0.0991 e. The normalized spacial score (nSPS) is 10.3. The Hall–Kier alpha value is -1.57. The van der Waals surface area contributed by atoms with E-state index in [0.717, 1.165) is 0 Å². The number of aromatic nitrogens is 2. The van der Waals surface area contributed by atoms with E-state index >= 15 is 0 Å². The van der Waals surface area contributed by atoms with Crippen LogP contribution in [0.25, 0.3) is 5.69 Å². The first-order valence-corrected chi connectivity index (χ1v) is 4.33. The average Bonchev–Trinajstić information content (AvgIpc) is 2.62. The van der Waals surface area contributed by atoms with Crippen molar-refractivity contribution in [3.63, 3.8) is 0 Å². The largest absolute Gasteiger partial charge is 0.306 e. The average molecular weight is 172 g/mol. The van der Waals surface area contributed by atoms with Gasteiger partial charge in [0.25, 0.3) is 0 Å². The minimum atomic E-state index is 1.17. The highest BCUT2D eigenvalue weighted by Gasteiger charge is 1.96. The molecular formula is C11H12N2. The lowest BCUT2D eigenvalue weighted by atomic mass is 10.1. The van der Waals surface area contributed by atoms with Gasteiger partial charge in [0.1, 0.15) is 0 Å². The number of nitrogens with zero attached hydrogens (tertiary/aromatic N) is 2. The molecule has 1 heterocycles. The second-order valence-electron chi connectivity index (χ2n) is 3.24. The van der Waals surface area contributed by atoms with Crippen molar-refractivity contribution in [2.24, 2.45) is 0 Å². The van der Waals surface area contributed by atoms with Crippen molar-refractivity contribution in [3.8, 4) is 5.69 Å². The van der Waals surface area contributed by atoms with E-state index in [1.165, 1.54) is 16.8 Å². The van der Waals surface area contributed by atoms with Gasteiger partial charge >= 0.3 is 0 Å². The number of aryl methyl sites for hydroxylation is 2. The van der Waals surface area contributed by atoms with Gasteiger partial charge in [-0.15, -0.1) is 0 Å². The third-order valence-corrected chi connectivity index (χ3v) is 2.29. The minimum absolute atomic E-state index is 1.17. The first-order chi connectivity index (χ1) is 6.27. The smallest absolute Gasteiger partial charge is 0.0991 e. The Morgan fingerprint density at radius 3 is 2.62 bits per heavy atom. The fourth-order valence-electron chi connectivity index (χ4n) is 1.30. The summed E-state index contributed by atoms with van der Waals surface area (Å²) in [4.78, 5) is 4.01. The van der Waals surface area contributed by atoms with Gasteiger partial charge in [-0.25, -0.2) is 4.98 Å². The van der Waals surface area contributed by atoms with E-state index in [0.29, 0.717) is 0 Å². The van der Waals surface area contributed by atoms with Gasteiger partial charge in [0.15, 0.2) is 0 Å². The van der Waals surface area contributed by atoms with Crippen LogP contribution in [0.1, 0.15) is 11.1 Å². The van der Waals surface area contributed by atoms with Crippen LogP contribution in [0.15, 0.2) is 36.9 Å². The zero-order valence-electron chi connectivity index (χ0n) is 7.86. The maximum atomic E-state index is 4.01. The van der Waals surface area contributed by atoms with E-state index in [2.05, 4.69) is 37.0 Å². The molecule has 0 saturated carbocycles. The fraction of sp³-hybridized carbons (Fsp3) is 0.182. The van der Waals surface area contributed by atoms with Crippen LogP contribution in [0.4, 0.5) is 0 Å². The van der Waals surface area contributed by atoms with Gasteiger partial charge in [0.2, 0.25) is 0 Å². The molecule has 0 N–H and O–H groups in total. The lowest BCUT2D eigenvalue weighted by Gasteiger charge is -2.05. The molecule has 0 fully saturated rings. The summed E-state index contributed by atoms with van der Waals surface area (Å²) in [5, 5.41) is 0. The van der Waals surface area contributed by atoms with Crippen LogP contribution in [0.5, 0.6) is 0 Å². The fourth-order valence-corrected chi connectivity index (χ4v) is 1.30. The Morgan fingerprint density at radius 2 is 2.00 bits per heavy atom. The first-order valence-electron chi connectivity index (χ1n) is 4.33. The molecule has 2 rings (SSSR count). The summed E-state index contributed by atoms with van der Waals surface area (Å²) in [5.74, 6) is 0. The van der Waals surface area contributed by atoms with Gasteiger partial charge in [-0.05, 0) is 37.1 Å². The highest BCUT2D eigenvalue weighted by Crippen LogP contribution is 2.13. The molecule has 13 heavy (non-hydrogen) atoms. The molecule has 0 unspecified atom stereocenters. The van der Waals surface area contributed by atoms with E-state index in [1.807, 2.05) is 17.1 Å². The number of benzene rings is 1. The van der Waals surface area contributed by atoms with Crippen LogP contribution < -0.4 is 0 Å². The number of hydrogen-bond acceptors (Lipinski definition) is 1. The third-order valence-electron chi connectivity index (χ3n) is 2.29. The topological polar surface area (TPSA) is 17.8 Å². The Kier molecular flexibility index (Phi) is 1.89. The summed E-state index contributed by atoms with van der Waals surface area (Å²) in [6.45, 7) is 4.24. The van der Waals surface area contributed by atoms with Crippen molar-refractivity contribution in [1.29, 1.82) is 0 Å². The molecule has 2 aromatic rings. The number of hydrogen-bond donors (Lipinski definition) is 0. The van der Waals surface area contributed by atoms with Gasteiger partial charge in [0, 0.05) is 18.1 Å². The Labute approximate surface area is 77.9 Å². The number of rotatable bonds is 1. The Bertz CT molecular complexity index is 402. The van der Waals surface area contributed by atoms with Crippen LogP contribution in [0, 0.1) is 13.8 Å².